The fourth-order valence-electron chi connectivity index (χ4n) is 2.06. The van der Waals surface area contributed by atoms with Gasteiger partial charge in [0.1, 0.15) is 11.6 Å². The van der Waals surface area contributed by atoms with Gasteiger partial charge in [0.2, 0.25) is 0 Å². The van der Waals surface area contributed by atoms with Crippen LogP contribution in [0, 0.1) is 11.3 Å². The molecule has 1 atom stereocenters. The molecule has 0 aliphatic rings. The van der Waals surface area contributed by atoms with Crippen LogP contribution < -0.4 is 15.5 Å². The van der Waals surface area contributed by atoms with Crippen LogP contribution in [0.3, 0.4) is 0 Å². The monoisotopic (exact) mass is 314 g/mol. The highest BCUT2D eigenvalue weighted by Gasteiger charge is 2.11. The minimum absolute atomic E-state index is 0.0487. The Hall–Kier alpha value is -2.48. The summed E-state index contributed by atoms with van der Waals surface area (Å²) in [6.45, 7) is 10.0. The first kappa shape index (κ1) is 18.6. The van der Waals surface area contributed by atoms with Gasteiger partial charge in [-0.05, 0) is 51.5 Å². The number of nitrogens with zero attached hydrogens (tertiary/aromatic N) is 2. The SMILES string of the molecule is CCC(C)NC(=O)/C(C#N)=C\Nc1ccc(N(CC)CC)cc1. The topological polar surface area (TPSA) is 68.2 Å². The van der Waals surface area contributed by atoms with Gasteiger partial charge >= 0.3 is 0 Å². The average Bonchev–Trinajstić information content (AvgIpc) is 2.57. The molecular weight excluding hydrogens is 288 g/mol. The summed E-state index contributed by atoms with van der Waals surface area (Å²) in [6, 6.07) is 9.89. The fraction of sp³-hybridized carbons (Fsp3) is 0.444. The molecule has 0 saturated carbocycles. The van der Waals surface area contributed by atoms with E-state index in [1.165, 1.54) is 6.20 Å². The normalized spacial score (nSPS) is 12.2. The number of nitriles is 1. The maximum Gasteiger partial charge on any atom is 0.263 e. The minimum Gasteiger partial charge on any atom is -0.372 e. The number of anilines is 2. The maximum absolute atomic E-state index is 11.9. The van der Waals surface area contributed by atoms with Gasteiger partial charge < -0.3 is 15.5 Å². The molecular formula is C18H26N4O. The number of rotatable bonds is 8. The molecule has 0 heterocycles. The van der Waals surface area contributed by atoms with Crippen molar-refractivity contribution in [2.75, 3.05) is 23.3 Å². The van der Waals surface area contributed by atoms with Crippen molar-refractivity contribution in [3.63, 3.8) is 0 Å². The minimum atomic E-state index is -0.353. The number of carbonyl (C=O) groups excluding carboxylic acids is 1. The van der Waals surface area contributed by atoms with Crippen molar-refractivity contribution < 1.29 is 4.79 Å². The number of hydrogen-bond acceptors (Lipinski definition) is 4. The molecule has 1 amide bonds. The maximum atomic E-state index is 11.9. The van der Waals surface area contributed by atoms with E-state index in [2.05, 4.69) is 29.4 Å². The molecule has 5 nitrogen and oxygen atoms in total. The lowest BCUT2D eigenvalue weighted by molar-refractivity contribution is -0.117. The van der Waals surface area contributed by atoms with Crippen molar-refractivity contribution in [3.8, 4) is 6.07 Å². The molecule has 0 spiro atoms. The van der Waals surface area contributed by atoms with Crippen LogP contribution in [0.4, 0.5) is 11.4 Å². The fourth-order valence-corrected chi connectivity index (χ4v) is 2.06. The van der Waals surface area contributed by atoms with Crippen molar-refractivity contribution >= 4 is 17.3 Å². The van der Waals surface area contributed by atoms with Crippen LogP contribution in [0.25, 0.3) is 0 Å². The summed E-state index contributed by atoms with van der Waals surface area (Å²) < 4.78 is 0. The van der Waals surface area contributed by atoms with Crippen molar-refractivity contribution in [1.82, 2.24) is 5.32 Å². The molecule has 1 unspecified atom stereocenters. The molecule has 0 aromatic heterocycles. The van der Waals surface area contributed by atoms with E-state index in [4.69, 9.17) is 5.26 Å². The molecule has 0 bridgehead atoms. The van der Waals surface area contributed by atoms with Gasteiger partial charge in [0, 0.05) is 36.7 Å². The zero-order valence-electron chi connectivity index (χ0n) is 14.4. The highest BCUT2D eigenvalue weighted by Crippen LogP contribution is 2.17. The first-order valence-corrected chi connectivity index (χ1v) is 8.08. The van der Waals surface area contributed by atoms with Crippen LogP contribution in [0.5, 0.6) is 0 Å². The van der Waals surface area contributed by atoms with E-state index in [-0.39, 0.29) is 17.5 Å². The van der Waals surface area contributed by atoms with Crippen LogP contribution >= 0.6 is 0 Å². The Bertz CT molecular complexity index is 568. The van der Waals surface area contributed by atoms with Crippen LogP contribution in [0.15, 0.2) is 36.0 Å². The molecule has 1 aromatic rings. The number of carbonyl (C=O) groups is 1. The first-order chi connectivity index (χ1) is 11.0. The summed E-state index contributed by atoms with van der Waals surface area (Å²) in [5.74, 6) is -0.353. The lowest BCUT2D eigenvalue weighted by Gasteiger charge is -2.21. The number of hydrogen-bond donors (Lipinski definition) is 2. The van der Waals surface area contributed by atoms with E-state index in [1.807, 2.05) is 44.2 Å². The van der Waals surface area contributed by atoms with Crippen molar-refractivity contribution in [3.05, 3.63) is 36.0 Å². The Labute approximate surface area is 139 Å². The van der Waals surface area contributed by atoms with Gasteiger partial charge in [0.25, 0.3) is 5.91 Å². The van der Waals surface area contributed by atoms with Crippen LogP contribution in [0.2, 0.25) is 0 Å². The summed E-state index contributed by atoms with van der Waals surface area (Å²) in [4.78, 5) is 14.2. The third-order valence-electron chi connectivity index (χ3n) is 3.73. The van der Waals surface area contributed by atoms with E-state index < -0.39 is 0 Å². The summed E-state index contributed by atoms with van der Waals surface area (Å²) in [5, 5.41) is 14.9. The highest BCUT2D eigenvalue weighted by molar-refractivity contribution is 5.97. The van der Waals surface area contributed by atoms with Crippen molar-refractivity contribution in [2.24, 2.45) is 0 Å². The smallest absolute Gasteiger partial charge is 0.263 e. The molecule has 5 heteroatoms. The van der Waals surface area contributed by atoms with Crippen molar-refractivity contribution in [1.29, 1.82) is 5.26 Å². The summed E-state index contributed by atoms with van der Waals surface area (Å²) in [6.07, 6.45) is 2.27. The summed E-state index contributed by atoms with van der Waals surface area (Å²) in [7, 11) is 0. The zero-order valence-corrected chi connectivity index (χ0v) is 14.4. The van der Waals surface area contributed by atoms with Crippen LogP contribution in [0.1, 0.15) is 34.1 Å². The lowest BCUT2D eigenvalue weighted by Crippen LogP contribution is -2.33. The number of amides is 1. The molecule has 0 radical (unpaired) electrons. The average molecular weight is 314 g/mol. The van der Waals surface area contributed by atoms with Gasteiger partial charge in [-0.15, -0.1) is 0 Å². The first-order valence-electron chi connectivity index (χ1n) is 8.08. The second kappa shape index (κ2) is 9.52. The predicted molar refractivity (Wildman–Crippen MR) is 95.2 cm³/mol. The standard InChI is InChI=1S/C18H26N4O/c1-5-14(4)21-18(23)15(12-19)13-20-16-8-10-17(11-9-16)22(6-2)7-3/h8-11,13-14,20H,5-7H2,1-4H3,(H,21,23)/b15-13-. The number of nitrogens with one attached hydrogen (secondary N) is 2. The third kappa shape index (κ3) is 5.67. The van der Waals surface area contributed by atoms with E-state index in [0.717, 1.165) is 30.9 Å². The van der Waals surface area contributed by atoms with Gasteiger partial charge in [-0.2, -0.15) is 5.26 Å². The molecule has 2 N–H and O–H groups in total. The van der Waals surface area contributed by atoms with Gasteiger partial charge in [0.15, 0.2) is 0 Å². The molecule has 1 rings (SSSR count). The van der Waals surface area contributed by atoms with E-state index in [0.29, 0.717) is 0 Å². The Morgan fingerprint density at radius 2 is 1.87 bits per heavy atom. The Morgan fingerprint density at radius 1 is 1.26 bits per heavy atom. The second-order valence-electron chi connectivity index (χ2n) is 5.32. The summed E-state index contributed by atoms with van der Waals surface area (Å²) >= 11 is 0. The Morgan fingerprint density at radius 3 is 2.35 bits per heavy atom. The zero-order chi connectivity index (χ0) is 17.2. The van der Waals surface area contributed by atoms with E-state index in [1.54, 1.807) is 0 Å². The molecule has 1 aromatic carbocycles. The Balaban J connectivity index is 2.74. The van der Waals surface area contributed by atoms with Gasteiger partial charge in [-0.3, -0.25) is 4.79 Å². The van der Waals surface area contributed by atoms with Crippen LogP contribution in [-0.4, -0.2) is 25.0 Å². The molecule has 23 heavy (non-hydrogen) atoms. The summed E-state index contributed by atoms with van der Waals surface area (Å²) in [5.41, 5.74) is 2.06. The second-order valence-corrected chi connectivity index (χ2v) is 5.32. The lowest BCUT2D eigenvalue weighted by atomic mass is 10.2. The van der Waals surface area contributed by atoms with Crippen molar-refractivity contribution in [2.45, 2.75) is 40.2 Å². The number of benzene rings is 1. The van der Waals surface area contributed by atoms with Gasteiger partial charge in [0.05, 0.1) is 0 Å². The van der Waals surface area contributed by atoms with E-state index >= 15 is 0 Å². The Kier molecular flexibility index (Phi) is 7.69. The largest absolute Gasteiger partial charge is 0.372 e. The van der Waals surface area contributed by atoms with Gasteiger partial charge in [-0.25, -0.2) is 0 Å². The molecule has 0 aliphatic heterocycles. The predicted octanol–water partition coefficient (Wildman–Crippen LogP) is 3.27. The van der Waals surface area contributed by atoms with Gasteiger partial charge in [-0.1, -0.05) is 6.92 Å². The molecule has 0 fully saturated rings. The molecule has 0 saturated heterocycles. The third-order valence-corrected chi connectivity index (χ3v) is 3.73. The highest BCUT2D eigenvalue weighted by atomic mass is 16.1. The van der Waals surface area contributed by atoms with E-state index in [9.17, 15) is 4.79 Å². The molecule has 124 valence electrons. The molecule has 0 aliphatic carbocycles. The van der Waals surface area contributed by atoms with Crippen LogP contribution in [-0.2, 0) is 4.79 Å². The quantitative estimate of drug-likeness (QED) is 0.571.